The van der Waals surface area contributed by atoms with Crippen molar-refractivity contribution in [2.75, 3.05) is 46.1 Å². The molecule has 4 unspecified atom stereocenters. The molecular weight excluding hydrogens is 981 g/mol. The number of ether oxygens (including phenoxy) is 6. The molecule has 4 atom stereocenters. The number of rotatable bonds is 24. The Kier molecular flexibility index (Phi) is 53.5. The van der Waals surface area contributed by atoms with E-state index in [0.29, 0.717) is 44.4 Å². The minimum atomic E-state index is -0.792. The highest BCUT2D eigenvalue weighted by Gasteiger charge is 2.22. The summed E-state index contributed by atoms with van der Waals surface area (Å²) < 4.78 is 28.7. The van der Waals surface area contributed by atoms with Crippen LogP contribution in [0.3, 0.4) is 0 Å². The number of thiocarbonyl (C=S) groups is 2. The van der Waals surface area contributed by atoms with Crippen LogP contribution in [-0.4, -0.2) is 146 Å². The number of hydrogen-bond acceptors (Lipinski definition) is 24. The van der Waals surface area contributed by atoms with Crippen LogP contribution in [0.5, 0.6) is 0 Å². The van der Waals surface area contributed by atoms with Crippen molar-refractivity contribution in [3.05, 3.63) is 35.9 Å². The molecule has 0 N–H and O–H groups in total. The summed E-state index contributed by atoms with van der Waals surface area (Å²) in [6, 6.07) is 6.83. The predicted octanol–water partition coefficient (Wildman–Crippen LogP) is 6.63. The SMILES string of the molecule is CC(C)(C)OC(=O)CCN=C=S.CCCC(N=C=O)C(=S)OCC.CCOC(=O)C(C)N=C=O.CCOC(=O)C(Cc1ccccc1)N=C=O.CCOC(=O)C(N=C=O)C(C)C.CCOC(=O)CCN=C=O. The van der Waals surface area contributed by atoms with E-state index in [4.69, 9.17) is 31.2 Å². The molecule has 1 rings (SSSR count). The summed E-state index contributed by atoms with van der Waals surface area (Å²) in [5.41, 5.74) is 0.512. The van der Waals surface area contributed by atoms with Crippen LogP contribution in [-0.2, 0) is 82.8 Å². The van der Waals surface area contributed by atoms with Crippen molar-refractivity contribution in [1.29, 1.82) is 0 Å². The fraction of sp³-hybridized carbons (Fsp3) is 0.625. The third-order valence-electron chi connectivity index (χ3n) is 7.30. The van der Waals surface area contributed by atoms with Gasteiger partial charge in [-0.25, -0.2) is 48.3 Å². The summed E-state index contributed by atoms with van der Waals surface area (Å²) in [6.45, 7) is 23.5. The highest BCUT2D eigenvalue weighted by molar-refractivity contribution is 7.80. The van der Waals surface area contributed by atoms with Crippen molar-refractivity contribution < 1.29 is 76.4 Å². The third kappa shape index (κ3) is 49.6. The van der Waals surface area contributed by atoms with Gasteiger partial charge < -0.3 is 28.4 Å². The van der Waals surface area contributed by atoms with Crippen LogP contribution in [0, 0.1) is 5.92 Å². The Morgan fingerprint density at radius 3 is 1.50 bits per heavy atom. The first-order valence-electron chi connectivity index (χ1n) is 22.6. The maximum absolute atomic E-state index is 11.4. The molecule has 1 aromatic carbocycles. The van der Waals surface area contributed by atoms with E-state index in [0.717, 1.165) is 18.4 Å². The topological polar surface area (TPSA) is 300 Å². The number of aliphatic imine (C=N–C) groups is 6. The van der Waals surface area contributed by atoms with Crippen LogP contribution in [0.2, 0.25) is 0 Å². The smallest absolute Gasteiger partial charge is 0.332 e. The highest BCUT2D eigenvalue weighted by atomic mass is 32.1. The lowest BCUT2D eigenvalue weighted by Gasteiger charge is -2.18. The summed E-state index contributed by atoms with van der Waals surface area (Å²) in [4.78, 5) is 124. The van der Waals surface area contributed by atoms with Gasteiger partial charge in [0.05, 0.1) is 64.1 Å². The van der Waals surface area contributed by atoms with Crippen molar-refractivity contribution in [1.82, 2.24) is 0 Å². The Hall–Kier alpha value is -6.84. The normalized spacial score (nSPS) is 10.8. The number of benzene rings is 1. The number of nitrogens with zero attached hydrogens (tertiary/aromatic N) is 6. The number of isocyanates is 5. The van der Waals surface area contributed by atoms with Crippen LogP contribution in [0.15, 0.2) is 60.3 Å². The summed E-state index contributed by atoms with van der Waals surface area (Å²) in [5, 5.41) is 2.58. The second-order valence-electron chi connectivity index (χ2n) is 14.6. The van der Waals surface area contributed by atoms with Crippen LogP contribution >= 0.6 is 24.4 Å². The molecule has 0 aliphatic heterocycles. The summed E-state index contributed by atoms with van der Waals surface area (Å²) in [6.07, 6.45) is 9.32. The molecule has 0 aliphatic carbocycles. The standard InChI is InChI=1S/C12H13NO3.C8H13NO3.2C8H13NO2S.2C6H9NO3/c1-2-16-12(15)11(13-9-14)8-10-6-4-3-5-7-10;1-4-12-8(11)7(6(2)3)9-5-10;1-8(2,3)11-7(10)4-5-9-6-12;1-3-5-7(9-6-10)8(12)11-4-2;1-3-10-6(9)5(2)7-4-8;1-2-10-6(9)3-4-7-5-8/h3-7,11H,2,8H2,1H3;6-7H,4H2,1-3H3;4-5H2,1-3H3;7H,3-5H2,1-2H3;5H,3H2,1-2H3;2-4H2,1H3. The van der Waals surface area contributed by atoms with Crippen molar-refractivity contribution >= 4 is 94.9 Å². The maximum Gasteiger partial charge on any atom is 0.332 e. The molecule has 1 aromatic rings. The summed E-state index contributed by atoms with van der Waals surface area (Å²) in [7, 11) is 0. The molecular formula is C48H70N6O16S2. The van der Waals surface area contributed by atoms with E-state index < -0.39 is 41.6 Å². The van der Waals surface area contributed by atoms with E-state index in [1.165, 1.54) is 37.3 Å². The quantitative estimate of drug-likeness (QED) is 0.0345. The first-order chi connectivity index (χ1) is 34.1. The maximum atomic E-state index is 11.4. The number of esters is 5. The van der Waals surface area contributed by atoms with Crippen molar-refractivity contribution in [2.24, 2.45) is 35.9 Å². The first kappa shape index (κ1) is 74.1. The van der Waals surface area contributed by atoms with Crippen molar-refractivity contribution in [3.8, 4) is 0 Å². The third-order valence-corrected chi connectivity index (χ3v) is 7.82. The first-order valence-corrected chi connectivity index (χ1v) is 23.4. The van der Waals surface area contributed by atoms with Gasteiger partial charge in [-0.1, -0.05) is 57.5 Å². The average molecular weight is 1050 g/mol. The fourth-order valence-electron chi connectivity index (χ4n) is 4.30. The van der Waals surface area contributed by atoms with Crippen LogP contribution in [0.4, 0.5) is 0 Å². The van der Waals surface area contributed by atoms with E-state index in [-0.39, 0.29) is 49.9 Å². The van der Waals surface area contributed by atoms with Gasteiger partial charge in [-0.2, -0.15) is 20.0 Å². The Labute approximate surface area is 432 Å². The van der Waals surface area contributed by atoms with E-state index >= 15 is 0 Å². The van der Waals surface area contributed by atoms with Crippen LogP contribution < -0.4 is 0 Å². The molecule has 0 heterocycles. The molecule has 24 heteroatoms. The predicted molar refractivity (Wildman–Crippen MR) is 272 cm³/mol. The van der Waals surface area contributed by atoms with E-state index in [1.807, 2.05) is 65.0 Å². The van der Waals surface area contributed by atoms with Gasteiger partial charge in [-0.05, 0) is 105 Å². The monoisotopic (exact) mass is 1050 g/mol. The second kappa shape index (κ2) is 52.0. The number of hydrogen-bond donors (Lipinski definition) is 0. The number of carbonyl (C=O) groups excluding carboxylic acids is 10. The molecule has 0 radical (unpaired) electrons. The van der Waals surface area contributed by atoms with Gasteiger partial charge in [0, 0.05) is 6.42 Å². The molecule has 0 amide bonds. The Morgan fingerprint density at radius 2 is 1.06 bits per heavy atom. The van der Waals surface area contributed by atoms with E-state index in [1.54, 1.807) is 41.5 Å². The summed E-state index contributed by atoms with van der Waals surface area (Å²) >= 11 is 9.26. The zero-order valence-electron chi connectivity index (χ0n) is 43.3. The highest BCUT2D eigenvalue weighted by Crippen LogP contribution is 2.10. The number of isothiocyanates is 1. The Balaban J connectivity index is -0.000000251. The van der Waals surface area contributed by atoms with Crippen LogP contribution in [0.25, 0.3) is 0 Å². The molecule has 72 heavy (non-hydrogen) atoms. The van der Waals surface area contributed by atoms with Crippen LogP contribution in [0.1, 0.15) is 114 Å². The van der Waals surface area contributed by atoms with Gasteiger partial charge in [-0.15, -0.1) is 0 Å². The minimum Gasteiger partial charge on any atom is -0.485 e. The summed E-state index contributed by atoms with van der Waals surface area (Å²) in [5.74, 6) is -2.07. The molecule has 22 nitrogen and oxygen atoms in total. The lowest BCUT2D eigenvalue weighted by molar-refractivity contribution is -0.154. The molecule has 0 saturated carbocycles. The zero-order chi connectivity index (χ0) is 56.2. The largest absolute Gasteiger partial charge is 0.485 e. The average Bonchev–Trinajstić information content (AvgIpc) is 3.32. The minimum absolute atomic E-state index is 0.0366. The second-order valence-corrected chi connectivity index (χ2v) is 15.2. The van der Waals surface area contributed by atoms with Gasteiger partial charge in [0.1, 0.15) is 11.6 Å². The van der Waals surface area contributed by atoms with E-state index in [2.05, 4.69) is 56.8 Å². The van der Waals surface area contributed by atoms with E-state index in [9.17, 15) is 47.9 Å². The van der Waals surface area contributed by atoms with Crippen molar-refractivity contribution in [2.45, 2.75) is 145 Å². The fourth-order valence-corrected chi connectivity index (χ4v) is 4.68. The zero-order valence-corrected chi connectivity index (χ0v) is 44.9. The molecule has 0 bridgehead atoms. The lowest BCUT2D eigenvalue weighted by Crippen LogP contribution is -2.26. The lowest BCUT2D eigenvalue weighted by atomic mass is 10.1. The van der Waals surface area contributed by atoms with Crippen molar-refractivity contribution in [3.63, 3.8) is 0 Å². The van der Waals surface area contributed by atoms with Gasteiger partial charge in [-0.3, -0.25) is 9.59 Å². The van der Waals surface area contributed by atoms with Gasteiger partial charge in [0.25, 0.3) is 0 Å². The van der Waals surface area contributed by atoms with Gasteiger partial charge in [0.15, 0.2) is 23.2 Å². The molecule has 0 saturated heterocycles. The van der Waals surface area contributed by atoms with Gasteiger partial charge in [0.2, 0.25) is 30.4 Å². The molecule has 0 aromatic heterocycles. The molecule has 0 fully saturated rings. The molecule has 400 valence electrons. The Bertz CT molecular complexity index is 2000. The van der Waals surface area contributed by atoms with Gasteiger partial charge >= 0.3 is 29.8 Å². The number of carbonyl (C=O) groups is 5. The Morgan fingerprint density at radius 1 is 0.583 bits per heavy atom. The molecule has 0 spiro atoms. The molecule has 0 aliphatic rings.